The first-order valence-electron chi connectivity index (χ1n) is 24.8. The van der Waals surface area contributed by atoms with Gasteiger partial charge < -0.3 is 40.6 Å². The Kier molecular flexibility index (Phi) is 30.8. The van der Waals surface area contributed by atoms with E-state index in [9.17, 15) is 33.7 Å². The van der Waals surface area contributed by atoms with E-state index in [0.29, 0.717) is 26.0 Å². The standard InChI is InChI=1S/C47H86N5O11P/c1-5-7-8-9-10-11-12-13-14-15-16-17-18-19-20-21-22-23-26-29-42(54)50-38(46(55)56)30-31-41(53)49-33-27-24-25-28-35-61-44-43(63-64(58,59)37(3)4)39(36-60-6-2)62-45(44)52-34-32-40(48)51-47(52)57/h32,34,37-39,43-45H,5-31,33,35-36H2,1-4H3,(H,49,53)(H,50,54)(H,55,56)(H,58,59)(H2,48,51,57)/t38-,39+,43+,44+,45+/m0/s1. The number of anilines is 1. The Balaban J connectivity index is 1.59. The van der Waals surface area contributed by atoms with Gasteiger partial charge in [0, 0.05) is 38.8 Å². The molecule has 0 spiro atoms. The summed E-state index contributed by atoms with van der Waals surface area (Å²) in [5.41, 5.74) is 4.34. The van der Waals surface area contributed by atoms with Crippen LogP contribution in [-0.2, 0) is 37.7 Å². The van der Waals surface area contributed by atoms with Crippen LogP contribution in [0.15, 0.2) is 17.1 Å². The van der Waals surface area contributed by atoms with E-state index in [1.807, 2.05) is 6.92 Å². The number of carbonyl (C=O) groups is 3. The number of ether oxygens (including phenoxy) is 3. The number of rotatable bonds is 40. The van der Waals surface area contributed by atoms with Crippen LogP contribution in [0.3, 0.4) is 0 Å². The van der Waals surface area contributed by atoms with Crippen LogP contribution >= 0.6 is 7.60 Å². The fourth-order valence-corrected chi connectivity index (χ4v) is 8.65. The molecule has 1 fully saturated rings. The van der Waals surface area contributed by atoms with Crippen molar-refractivity contribution < 1.29 is 47.7 Å². The van der Waals surface area contributed by atoms with Crippen LogP contribution in [0, 0.1) is 0 Å². The fraction of sp³-hybridized carbons (Fsp3) is 0.851. The van der Waals surface area contributed by atoms with E-state index in [1.165, 1.54) is 113 Å². The van der Waals surface area contributed by atoms with Crippen molar-refractivity contribution in [2.24, 2.45) is 0 Å². The molecule has 370 valence electrons. The second-order valence-electron chi connectivity index (χ2n) is 17.7. The highest BCUT2D eigenvalue weighted by atomic mass is 31.2. The quantitative estimate of drug-likeness (QED) is 0.0306. The van der Waals surface area contributed by atoms with Crippen molar-refractivity contribution in [3.05, 3.63) is 22.7 Å². The van der Waals surface area contributed by atoms with E-state index in [2.05, 4.69) is 22.5 Å². The topological polar surface area (TPSA) is 231 Å². The number of nitrogens with one attached hydrogen (secondary N) is 2. The van der Waals surface area contributed by atoms with Crippen molar-refractivity contribution in [3.63, 3.8) is 0 Å². The van der Waals surface area contributed by atoms with Crippen LogP contribution in [0.2, 0.25) is 0 Å². The number of carbonyl (C=O) groups excluding carboxylic acids is 2. The Bertz CT molecular complexity index is 1530. The predicted molar refractivity (Wildman–Crippen MR) is 251 cm³/mol. The molecule has 1 aromatic heterocycles. The number of aliphatic carboxylic acids is 1. The van der Waals surface area contributed by atoms with Crippen molar-refractivity contribution in [1.29, 1.82) is 0 Å². The van der Waals surface area contributed by atoms with Crippen LogP contribution < -0.4 is 22.1 Å². The van der Waals surface area contributed by atoms with E-state index >= 15 is 0 Å². The molecule has 2 rings (SSSR count). The van der Waals surface area contributed by atoms with E-state index in [1.54, 1.807) is 13.8 Å². The lowest BCUT2D eigenvalue weighted by Gasteiger charge is -2.28. The van der Waals surface area contributed by atoms with Crippen molar-refractivity contribution in [2.45, 2.75) is 231 Å². The second kappa shape index (κ2) is 34.4. The van der Waals surface area contributed by atoms with Gasteiger partial charge in [-0.25, -0.2) is 9.59 Å². The number of nitrogens with two attached hydrogens (primary N) is 1. The molecular weight excluding hydrogens is 842 g/mol. The molecule has 0 radical (unpaired) electrons. The van der Waals surface area contributed by atoms with Gasteiger partial charge in [-0.05, 0) is 38.7 Å². The Hall–Kier alpha value is -2.88. The summed E-state index contributed by atoms with van der Waals surface area (Å²) in [5.74, 6) is -1.70. The summed E-state index contributed by atoms with van der Waals surface area (Å²) < 4.78 is 38.0. The summed E-state index contributed by atoms with van der Waals surface area (Å²) in [6.45, 7) is 8.28. The SMILES string of the molecule is CCCCCCCCCCCCCCCCCCCCCC(=O)N[C@@H](CCC(=O)NCCCCCCO[C@@H]1[C@H](OP(=O)(O)C(C)C)[C@@H](COCC)O[C@H]1n1ccc(N)nc1=O)C(=O)O. The zero-order chi connectivity index (χ0) is 47.0. The van der Waals surface area contributed by atoms with E-state index in [4.69, 9.17) is 24.5 Å². The predicted octanol–water partition coefficient (Wildman–Crippen LogP) is 8.97. The Morgan fingerprint density at radius 3 is 1.89 bits per heavy atom. The van der Waals surface area contributed by atoms with Gasteiger partial charge >= 0.3 is 19.3 Å². The molecule has 0 saturated carbocycles. The normalized spacial score (nSPS) is 18.8. The van der Waals surface area contributed by atoms with Crippen LogP contribution in [0.5, 0.6) is 0 Å². The number of hydrogen-bond acceptors (Lipinski definition) is 11. The molecule has 17 heteroatoms. The summed E-state index contributed by atoms with van der Waals surface area (Å²) in [6.07, 6.45) is 24.9. The number of carboxylic acid groups (broad SMARTS) is 1. The Morgan fingerprint density at radius 2 is 1.36 bits per heavy atom. The van der Waals surface area contributed by atoms with Gasteiger partial charge in [0.15, 0.2) is 6.23 Å². The summed E-state index contributed by atoms with van der Waals surface area (Å²) in [5, 5.41) is 15.1. The second-order valence-corrected chi connectivity index (χ2v) is 20.1. The number of carboxylic acids is 1. The number of amides is 2. The monoisotopic (exact) mass is 928 g/mol. The van der Waals surface area contributed by atoms with Gasteiger partial charge in [-0.3, -0.25) is 23.2 Å². The average molecular weight is 928 g/mol. The molecule has 1 saturated heterocycles. The van der Waals surface area contributed by atoms with Crippen molar-refractivity contribution in [3.8, 4) is 0 Å². The van der Waals surface area contributed by atoms with Crippen LogP contribution in [-0.4, -0.2) is 93.7 Å². The molecular formula is C47H86N5O11P. The van der Waals surface area contributed by atoms with Crippen LogP contribution in [0.25, 0.3) is 0 Å². The molecule has 1 unspecified atom stereocenters. The first-order chi connectivity index (χ1) is 30.8. The van der Waals surface area contributed by atoms with E-state index < -0.39 is 55.5 Å². The first kappa shape index (κ1) is 57.2. The maximum absolute atomic E-state index is 13.0. The first-order valence-corrected chi connectivity index (χ1v) is 26.4. The lowest BCUT2D eigenvalue weighted by atomic mass is 10.0. The molecule has 0 aromatic carbocycles. The van der Waals surface area contributed by atoms with Crippen molar-refractivity contribution >= 4 is 31.2 Å². The molecule has 6 N–H and O–H groups in total. The number of nitrogen functional groups attached to an aromatic ring is 1. The minimum Gasteiger partial charge on any atom is -0.480 e. The molecule has 2 heterocycles. The number of nitrogens with zero attached hydrogens (tertiary/aromatic N) is 2. The van der Waals surface area contributed by atoms with Gasteiger partial charge in [-0.1, -0.05) is 149 Å². The van der Waals surface area contributed by atoms with Crippen molar-refractivity contribution in [2.75, 3.05) is 32.1 Å². The smallest absolute Gasteiger partial charge is 0.351 e. The molecule has 1 aromatic rings. The molecule has 1 aliphatic heterocycles. The molecule has 0 aliphatic carbocycles. The molecule has 2 amide bonds. The van der Waals surface area contributed by atoms with Crippen LogP contribution in [0.4, 0.5) is 5.82 Å². The molecule has 64 heavy (non-hydrogen) atoms. The minimum atomic E-state index is -4.08. The third-order valence-electron chi connectivity index (χ3n) is 11.8. The summed E-state index contributed by atoms with van der Waals surface area (Å²) in [4.78, 5) is 64.0. The number of aromatic nitrogens is 2. The maximum atomic E-state index is 13.0. The Labute approximate surface area is 383 Å². The zero-order valence-corrected chi connectivity index (χ0v) is 40.7. The van der Waals surface area contributed by atoms with Gasteiger partial charge in [0.1, 0.15) is 30.2 Å². The summed E-state index contributed by atoms with van der Waals surface area (Å²) >= 11 is 0. The van der Waals surface area contributed by atoms with E-state index in [0.717, 1.165) is 38.5 Å². The lowest BCUT2D eigenvalue weighted by Crippen LogP contribution is -2.41. The Morgan fingerprint density at radius 1 is 0.812 bits per heavy atom. The largest absolute Gasteiger partial charge is 0.480 e. The van der Waals surface area contributed by atoms with Gasteiger partial charge in [-0.2, -0.15) is 4.98 Å². The molecule has 0 bridgehead atoms. The van der Waals surface area contributed by atoms with E-state index in [-0.39, 0.29) is 50.1 Å². The lowest BCUT2D eigenvalue weighted by molar-refractivity contribution is -0.142. The van der Waals surface area contributed by atoms with Gasteiger partial charge in [0.05, 0.1) is 12.3 Å². The summed E-state index contributed by atoms with van der Waals surface area (Å²) in [7, 11) is -4.08. The van der Waals surface area contributed by atoms with Crippen LogP contribution in [0.1, 0.15) is 201 Å². The highest BCUT2D eigenvalue weighted by Gasteiger charge is 2.50. The van der Waals surface area contributed by atoms with Gasteiger partial charge in [0.2, 0.25) is 11.8 Å². The maximum Gasteiger partial charge on any atom is 0.351 e. The van der Waals surface area contributed by atoms with Gasteiger partial charge in [-0.15, -0.1) is 0 Å². The zero-order valence-electron chi connectivity index (χ0n) is 39.8. The third kappa shape index (κ3) is 24.6. The molecule has 6 atom stereocenters. The number of unbranched alkanes of at least 4 members (excludes halogenated alkanes) is 21. The summed E-state index contributed by atoms with van der Waals surface area (Å²) in [6, 6.07) is 0.330. The molecule has 16 nitrogen and oxygen atoms in total. The minimum absolute atomic E-state index is 0.00685. The van der Waals surface area contributed by atoms with Gasteiger partial charge in [0.25, 0.3) is 0 Å². The fourth-order valence-electron chi connectivity index (χ4n) is 7.80. The highest BCUT2D eigenvalue weighted by Crippen LogP contribution is 2.51. The third-order valence-corrected chi connectivity index (χ3v) is 13.7. The number of hydrogen-bond donors (Lipinski definition) is 5. The highest BCUT2D eigenvalue weighted by molar-refractivity contribution is 7.53. The average Bonchev–Trinajstić information content (AvgIpc) is 3.57. The van der Waals surface area contributed by atoms with Crippen molar-refractivity contribution in [1.82, 2.24) is 20.2 Å². The molecule has 1 aliphatic rings.